The average molecular weight is 477 g/mol. The van der Waals surface area contributed by atoms with Crippen molar-refractivity contribution in [2.45, 2.75) is 6.54 Å². The van der Waals surface area contributed by atoms with E-state index < -0.39 is 6.86 Å². The molecule has 4 aromatic rings. The van der Waals surface area contributed by atoms with Gasteiger partial charge in [-0.1, -0.05) is 17.3 Å². The summed E-state index contributed by atoms with van der Waals surface area (Å²) in [5, 5.41) is 8.47. The van der Waals surface area contributed by atoms with E-state index >= 15 is 0 Å². The first kappa shape index (κ1) is 22.7. The number of piperazine rings is 1. The van der Waals surface area contributed by atoms with Gasteiger partial charge in [0.25, 0.3) is 11.4 Å². The average Bonchev–Trinajstić information content (AvgIpc) is 3.37. The summed E-state index contributed by atoms with van der Waals surface area (Å²) in [5.41, 5.74) is 2.98. The number of nitrogens with zero attached hydrogens (tertiary/aromatic N) is 6. The molecule has 0 saturated carbocycles. The molecule has 0 atom stereocenters. The molecule has 35 heavy (non-hydrogen) atoms. The molecule has 0 N–H and O–H groups in total. The van der Waals surface area contributed by atoms with E-state index in [0.717, 1.165) is 37.4 Å². The second-order valence-electron chi connectivity index (χ2n) is 8.38. The van der Waals surface area contributed by atoms with Crippen LogP contribution in [-0.2, 0) is 6.54 Å². The van der Waals surface area contributed by atoms with E-state index in [1.807, 2.05) is 12.1 Å². The van der Waals surface area contributed by atoms with E-state index in [4.69, 9.17) is 9.26 Å². The lowest BCUT2D eigenvalue weighted by atomic mass is 10.1. The van der Waals surface area contributed by atoms with Gasteiger partial charge in [-0.15, -0.1) is 0 Å². The molecular weight excluding hydrogens is 451 g/mol. The predicted molar refractivity (Wildman–Crippen MR) is 129 cm³/mol. The van der Waals surface area contributed by atoms with Crippen LogP contribution in [-0.4, -0.2) is 64.9 Å². The fourth-order valence-corrected chi connectivity index (χ4v) is 3.97. The van der Waals surface area contributed by atoms with Crippen molar-refractivity contribution in [1.82, 2.24) is 24.8 Å². The molecular formula is C25H25FN6O3. The Bertz CT molecular complexity index is 1350. The highest BCUT2D eigenvalue weighted by Crippen LogP contribution is 2.23. The van der Waals surface area contributed by atoms with Crippen molar-refractivity contribution in [3.63, 3.8) is 0 Å². The predicted octanol–water partition coefficient (Wildman–Crippen LogP) is 3.07. The Morgan fingerprint density at radius 1 is 1.03 bits per heavy atom. The van der Waals surface area contributed by atoms with Crippen LogP contribution in [0.1, 0.15) is 5.56 Å². The number of halogens is 1. The van der Waals surface area contributed by atoms with E-state index in [1.54, 1.807) is 30.3 Å². The van der Waals surface area contributed by atoms with Crippen molar-refractivity contribution in [1.29, 1.82) is 0 Å². The SMILES string of the molecule is CN1CCN(c2cccc(Cn3nc(-c4nc(-c5ccc(OCF)cc5)no4)ccc3=O)c2)CC1. The van der Waals surface area contributed by atoms with Gasteiger partial charge < -0.3 is 19.1 Å². The van der Waals surface area contributed by atoms with Crippen molar-refractivity contribution in [2.24, 2.45) is 0 Å². The van der Waals surface area contributed by atoms with E-state index in [2.05, 4.69) is 44.2 Å². The zero-order valence-corrected chi connectivity index (χ0v) is 19.3. The van der Waals surface area contributed by atoms with Crippen LogP contribution in [0.5, 0.6) is 5.75 Å². The van der Waals surface area contributed by atoms with Crippen LogP contribution >= 0.6 is 0 Å². The Kier molecular flexibility index (Phi) is 6.53. The third kappa shape index (κ3) is 5.22. The largest absolute Gasteiger partial charge is 0.463 e. The van der Waals surface area contributed by atoms with Crippen LogP contribution in [0.15, 0.2) is 70.0 Å². The molecule has 3 heterocycles. The van der Waals surface area contributed by atoms with Crippen LogP contribution < -0.4 is 15.2 Å². The molecule has 0 unspecified atom stereocenters. The summed E-state index contributed by atoms with van der Waals surface area (Å²) < 4.78 is 23.9. The second-order valence-corrected chi connectivity index (χ2v) is 8.38. The lowest BCUT2D eigenvalue weighted by Gasteiger charge is -2.34. The van der Waals surface area contributed by atoms with Gasteiger partial charge in [-0.05, 0) is 55.1 Å². The molecule has 5 rings (SSSR count). The summed E-state index contributed by atoms with van der Waals surface area (Å²) in [6, 6.07) is 17.9. The van der Waals surface area contributed by atoms with E-state index in [-0.39, 0.29) is 11.4 Å². The maximum atomic E-state index is 12.5. The Hall–Kier alpha value is -4.05. The van der Waals surface area contributed by atoms with Crippen LogP contribution in [0.2, 0.25) is 0 Å². The quantitative estimate of drug-likeness (QED) is 0.402. The number of aromatic nitrogens is 4. The molecule has 1 fully saturated rings. The monoisotopic (exact) mass is 476 g/mol. The highest BCUT2D eigenvalue weighted by molar-refractivity contribution is 5.58. The highest BCUT2D eigenvalue weighted by atomic mass is 19.1. The normalized spacial score (nSPS) is 14.3. The van der Waals surface area contributed by atoms with E-state index in [9.17, 15) is 9.18 Å². The minimum Gasteiger partial charge on any atom is -0.463 e. The van der Waals surface area contributed by atoms with Crippen molar-refractivity contribution in [2.75, 3.05) is 45.0 Å². The third-order valence-corrected chi connectivity index (χ3v) is 5.96. The van der Waals surface area contributed by atoms with Crippen molar-refractivity contribution < 1.29 is 13.7 Å². The Morgan fingerprint density at radius 3 is 2.60 bits per heavy atom. The maximum Gasteiger partial charge on any atom is 0.278 e. The summed E-state index contributed by atoms with van der Waals surface area (Å²) in [6.45, 7) is 3.42. The molecule has 1 aliphatic rings. The van der Waals surface area contributed by atoms with Gasteiger partial charge in [-0.2, -0.15) is 10.1 Å². The van der Waals surface area contributed by atoms with Crippen LogP contribution in [0, 0.1) is 0 Å². The molecule has 0 bridgehead atoms. The number of rotatable bonds is 7. The number of hydrogen-bond acceptors (Lipinski definition) is 8. The topological polar surface area (TPSA) is 89.5 Å². The highest BCUT2D eigenvalue weighted by Gasteiger charge is 2.16. The van der Waals surface area contributed by atoms with E-state index in [0.29, 0.717) is 29.4 Å². The van der Waals surface area contributed by atoms with Gasteiger partial charge in [0.1, 0.15) is 11.4 Å². The van der Waals surface area contributed by atoms with Crippen LogP contribution in [0.25, 0.3) is 23.0 Å². The first-order chi connectivity index (χ1) is 17.1. The van der Waals surface area contributed by atoms with Gasteiger partial charge in [0.05, 0.1) is 6.54 Å². The Morgan fingerprint density at radius 2 is 1.83 bits per heavy atom. The van der Waals surface area contributed by atoms with Gasteiger partial charge in [0, 0.05) is 43.5 Å². The van der Waals surface area contributed by atoms with Gasteiger partial charge in [-0.3, -0.25) is 4.79 Å². The number of anilines is 1. The Balaban J connectivity index is 1.34. The lowest BCUT2D eigenvalue weighted by molar-refractivity contribution is 0.192. The standard InChI is InChI=1S/C25H25FN6O3/c1-30-11-13-31(14-12-30)20-4-2-3-18(15-20)16-32-23(33)10-9-22(28-32)25-27-24(29-35-25)19-5-7-21(8-6-19)34-17-26/h2-10,15H,11-14,16-17H2,1H3. The molecule has 2 aromatic heterocycles. The first-order valence-corrected chi connectivity index (χ1v) is 11.3. The molecule has 0 spiro atoms. The van der Waals surface area contributed by atoms with Gasteiger partial charge in [0.2, 0.25) is 12.7 Å². The zero-order valence-electron chi connectivity index (χ0n) is 19.3. The summed E-state index contributed by atoms with van der Waals surface area (Å²) in [4.78, 5) is 21.6. The minimum absolute atomic E-state index is 0.198. The second kappa shape index (κ2) is 10.1. The number of alkyl halides is 1. The van der Waals surface area contributed by atoms with E-state index in [1.165, 1.54) is 10.7 Å². The van der Waals surface area contributed by atoms with Crippen LogP contribution in [0.4, 0.5) is 10.1 Å². The molecule has 2 aromatic carbocycles. The number of hydrogen-bond donors (Lipinski definition) is 0. The molecule has 1 aliphatic heterocycles. The summed E-state index contributed by atoms with van der Waals surface area (Å²) in [5.74, 6) is 0.959. The van der Waals surface area contributed by atoms with Crippen LogP contribution in [0.3, 0.4) is 0 Å². The van der Waals surface area contributed by atoms with Gasteiger partial charge in [-0.25, -0.2) is 9.07 Å². The van der Waals surface area contributed by atoms with Crippen molar-refractivity contribution in [3.8, 4) is 28.7 Å². The minimum atomic E-state index is -0.896. The molecule has 9 nitrogen and oxygen atoms in total. The van der Waals surface area contributed by atoms with Gasteiger partial charge in [0.15, 0.2) is 0 Å². The lowest BCUT2D eigenvalue weighted by Crippen LogP contribution is -2.44. The number of ether oxygens (including phenoxy) is 1. The summed E-state index contributed by atoms with van der Waals surface area (Å²) >= 11 is 0. The van der Waals surface area contributed by atoms with Crippen molar-refractivity contribution in [3.05, 3.63) is 76.6 Å². The molecule has 0 amide bonds. The summed E-state index contributed by atoms with van der Waals surface area (Å²) in [7, 11) is 2.13. The number of likely N-dealkylation sites (N-methyl/N-ethyl adjacent to an activating group) is 1. The molecule has 0 aliphatic carbocycles. The number of benzene rings is 2. The summed E-state index contributed by atoms with van der Waals surface area (Å²) in [6.07, 6.45) is 0. The smallest absolute Gasteiger partial charge is 0.278 e. The van der Waals surface area contributed by atoms with Gasteiger partial charge >= 0.3 is 0 Å². The third-order valence-electron chi connectivity index (χ3n) is 5.96. The Labute approximate surface area is 201 Å². The molecule has 1 saturated heterocycles. The molecule has 180 valence electrons. The zero-order chi connectivity index (χ0) is 24.2. The first-order valence-electron chi connectivity index (χ1n) is 11.3. The fraction of sp³-hybridized carbons (Fsp3) is 0.280. The van der Waals surface area contributed by atoms with Crippen molar-refractivity contribution >= 4 is 5.69 Å². The molecule has 10 heteroatoms. The maximum absolute atomic E-state index is 12.5. The molecule has 0 radical (unpaired) electrons. The fourth-order valence-electron chi connectivity index (χ4n) is 3.97.